The first kappa shape index (κ1) is 8.32. The lowest BCUT2D eigenvalue weighted by Crippen LogP contribution is -1.99. The molecule has 72 valence electrons. The van der Waals surface area contributed by atoms with Crippen LogP contribution in [0.3, 0.4) is 0 Å². The van der Waals surface area contributed by atoms with Gasteiger partial charge in [-0.2, -0.15) is 0 Å². The summed E-state index contributed by atoms with van der Waals surface area (Å²) in [7, 11) is 0. The number of thiophene rings is 2. The van der Waals surface area contributed by atoms with Gasteiger partial charge in [-0.05, 0) is 19.1 Å². The number of nitrogen functional groups attached to an aromatic ring is 1. The quantitative estimate of drug-likeness (QED) is 0.744. The van der Waals surface area contributed by atoms with Crippen LogP contribution in [-0.2, 0) is 6.61 Å². The van der Waals surface area contributed by atoms with Gasteiger partial charge in [0, 0.05) is 10.4 Å². The van der Waals surface area contributed by atoms with Gasteiger partial charge in [0.2, 0.25) is 0 Å². The van der Waals surface area contributed by atoms with Gasteiger partial charge in [0.25, 0.3) is 0 Å². The van der Waals surface area contributed by atoms with Crippen molar-refractivity contribution in [1.82, 2.24) is 0 Å². The third kappa shape index (κ3) is 1.07. The summed E-state index contributed by atoms with van der Waals surface area (Å²) in [5, 5.41) is 0.873. The molecule has 2 N–H and O–H groups in total. The normalized spacial score (nSPS) is 13.2. The van der Waals surface area contributed by atoms with Crippen LogP contribution in [0, 0.1) is 6.92 Å². The fourth-order valence-electron chi connectivity index (χ4n) is 1.66. The van der Waals surface area contributed by atoms with Gasteiger partial charge in [0.05, 0.1) is 14.8 Å². The first-order valence-corrected chi connectivity index (χ1v) is 5.99. The molecule has 0 unspecified atom stereocenters. The van der Waals surface area contributed by atoms with Gasteiger partial charge in [-0.1, -0.05) is 0 Å². The summed E-state index contributed by atoms with van der Waals surface area (Å²) >= 11 is 3.43. The lowest BCUT2D eigenvalue weighted by atomic mass is 10.2. The zero-order valence-electron chi connectivity index (χ0n) is 7.66. The Kier molecular flexibility index (Phi) is 1.63. The van der Waals surface area contributed by atoms with E-state index >= 15 is 0 Å². The van der Waals surface area contributed by atoms with E-state index in [9.17, 15) is 0 Å². The van der Waals surface area contributed by atoms with Crippen molar-refractivity contribution in [3.05, 3.63) is 22.6 Å². The molecule has 0 atom stereocenters. The molecule has 0 amide bonds. The first-order chi connectivity index (χ1) is 6.74. The smallest absolute Gasteiger partial charge is 0.139 e. The average Bonchev–Trinajstić information content (AvgIpc) is 2.65. The maximum Gasteiger partial charge on any atom is 0.139 e. The second-order valence-electron chi connectivity index (χ2n) is 3.34. The van der Waals surface area contributed by atoms with Crippen LogP contribution < -0.4 is 10.5 Å². The van der Waals surface area contributed by atoms with Gasteiger partial charge in [-0.25, -0.2) is 0 Å². The molecule has 1 aliphatic heterocycles. The van der Waals surface area contributed by atoms with E-state index in [2.05, 4.69) is 13.0 Å². The highest BCUT2D eigenvalue weighted by Crippen LogP contribution is 2.47. The molecule has 0 fully saturated rings. The van der Waals surface area contributed by atoms with Crippen molar-refractivity contribution in [3.8, 4) is 15.5 Å². The Morgan fingerprint density at radius 2 is 2.14 bits per heavy atom. The fourth-order valence-corrected chi connectivity index (χ4v) is 3.72. The zero-order chi connectivity index (χ0) is 9.71. The number of aryl methyl sites for hydroxylation is 1. The summed E-state index contributed by atoms with van der Waals surface area (Å²) in [5.74, 6) is 1.02. The van der Waals surface area contributed by atoms with Gasteiger partial charge in [0.15, 0.2) is 0 Å². The summed E-state index contributed by atoms with van der Waals surface area (Å²) < 4.78 is 5.65. The van der Waals surface area contributed by atoms with Crippen molar-refractivity contribution < 1.29 is 4.74 Å². The van der Waals surface area contributed by atoms with Gasteiger partial charge in [-0.3, -0.25) is 0 Å². The fraction of sp³-hybridized carbons (Fsp3) is 0.200. The maximum absolute atomic E-state index is 5.79. The molecule has 0 aliphatic carbocycles. The minimum absolute atomic E-state index is 0.659. The summed E-state index contributed by atoms with van der Waals surface area (Å²) in [6.07, 6.45) is 0. The van der Waals surface area contributed by atoms with Crippen molar-refractivity contribution in [2.75, 3.05) is 5.73 Å². The second kappa shape index (κ2) is 2.74. The Balaban J connectivity index is 2.27. The molecule has 1 aliphatic rings. The third-order valence-electron chi connectivity index (χ3n) is 2.24. The molecule has 4 heteroatoms. The topological polar surface area (TPSA) is 35.2 Å². The summed E-state index contributed by atoms with van der Waals surface area (Å²) in [5.41, 5.74) is 7.01. The standard InChI is InChI=1S/C10H9NOS2/c1-5-2-7-10(13-5)9-6(4-12-7)3-8(11)14-9/h2-3H,4,11H2,1H3. The maximum atomic E-state index is 5.79. The number of nitrogens with two attached hydrogens (primary N) is 1. The van der Waals surface area contributed by atoms with Crippen LogP contribution in [0.2, 0.25) is 0 Å². The van der Waals surface area contributed by atoms with Crippen LogP contribution >= 0.6 is 22.7 Å². The van der Waals surface area contributed by atoms with E-state index in [1.165, 1.54) is 20.2 Å². The van der Waals surface area contributed by atoms with Crippen LogP contribution in [-0.4, -0.2) is 0 Å². The lowest BCUT2D eigenvalue weighted by molar-refractivity contribution is 0.304. The van der Waals surface area contributed by atoms with Gasteiger partial charge in [-0.15, -0.1) is 22.7 Å². The predicted octanol–water partition coefficient (Wildman–Crippen LogP) is 3.26. The highest BCUT2D eigenvalue weighted by Gasteiger charge is 2.21. The Hall–Kier alpha value is -1.00. The van der Waals surface area contributed by atoms with E-state index in [4.69, 9.17) is 10.5 Å². The van der Waals surface area contributed by atoms with Crippen molar-refractivity contribution in [2.24, 2.45) is 0 Å². The molecular formula is C10H9NOS2. The largest absolute Gasteiger partial charge is 0.487 e. The van der Waals surface area contributed by atoms with E-state index < -0.39 is 0 Å². The number of ether oxygens (including phenoxy) is 1. The van der Waals surface area contributed by atoms with Gasteiger partial charge < -0.3 is 10.5 Å². The van der Waals surface area contributed by atoms with Crippen LogP contribution in [0.15, 0.2) is 12.1 Å². The van der Waals surface area contributed by atoms with Crippen LogP contribution in [0.25, 0.3) is 9.75 Å². The third-order valence-corrected chi connectivity index (χ3v) is 4.44. The Labute approximate surface area is 89.9 Å². The predicted molar refractivity (Wildman–Crippen MR) is 61.1 cm³/mol. The first-order valence-electron chi connectivity index (χ1n) is 4.36. The average molecular weight is 223 g/mol. The van der Waals surface area contributed by atoms with Crippen LogP contribution in [0.1, 0.15) is 10.4 Å². The van der Waals surface area contributed by atoms with Crippen LogP contribution in [0.5, 0.6) is 5.75 Å². The van der Waals surface area contributed by atoms with Crippen molar-refractivity contribution in [2.45, 2.75) is 13.5 Å². The molecule has 0 aromatic carbocycles. The monoisotopic (exact) mass is 223 g/mol. The summed E-state index contributed by atoms with van der Waals surface area (Å²) in [6, 6.07) is 4.11. The van der Waals surface area contributed by atoms with E-state index in [1.54, 1.807) is 22.7 Å². The Morgan fingerprint density at radius 3 is 3.00 bits per heavy atom. The highest BCUT2D eigenvalue weighted by atomic mass is 32.1. The molecular weight excluding hydrogens is 214 g/mol. The minimum Gasteiger partial charge on any atom is -0.487 e. The molecule has 2 aromatic rings. The highest BCUT2D eigenvalue weighted by molar-refractivity contribution is 7.24. The molecule has 3 heterocycles. The zero-order valence-corrected chi connectivity index (χ0v) is 9.30. The SMILES string of the molecule is Cc1cc2c(s1)-c1sc(N)cc1CO2. The molecule has 0 spiro atoms. The van der Waals surface area contributed by atoms with Gasteiger partial charge in [0.1, 0.15) is 12.4 Å². The molecule has 3 rings (SSSR count). The van der Waals surface area contributed by atoms with E-state index in [0.29, 0.717) is 6.61 Å². The van der Waals surface area contributed by atoms with Crippen molar-refractivity contribution in [1.29, 1.82) is 0 Å². The summed E-state index contributed by atoms with van der Waals surface area (Å²) in [4.78, 5) is 3.82. The molecule has 2 aromatic heterocycles. The van der Waals surface area contributed by atoms with Crippen LogP contribution in [0.4, 0.5) is 5.00 Å². The number of fused-ring (bicyclic) bond motifs is 3. The second-order valence-corrected chi connectivity index (χ2v) is 5.68. The Bertz CT molecular complexity index is 452. The number of anilines is 1. The van der Waals surface area contributed by atoms with Gasteiger partial charge >= 0.3 is 0 Å². The summed E-state index contributed by atoms with van der Waals surface area (Å²) in [6.45, 7) is 2.76. The molecule has 0 saturated heterocycles. The number of hydrogen-bond acceptors (Lipinski definition) is 4. The van der Waals surface area contributed by atoms with E-state index in [0.717, 1.165) is 10.8 Å². The molecule has 0 bridgehead atoms. The minimum atomic E-state index is 0.659. The Morgan fingerprint density at radius 1 is 1.29 bits per heavy atom. The molecule has 14 heavy (non-hydrogen) atoms. The molecule has 0 radical (unpaired) electrons. The number of rotatable bonds is 0. The van der Waals surface area contributed by atoms with Crippen molar-refractivity contribution >= 4 is 27.7 Å². The van der Waals surface area contributed by atoms with Crippen molar-refractivity contribution in [3.63, 3.8) is 0 Å². The lowest BCUT2D eigenvalue weighted by Gasteiger charge is -2.12. The molecule has 0 saturated carbocycles. The van der Waals surface area contributed by atoms with E-state index in [1.807, 2.05) is 6.07 Å². The van der Waals surface area contributed by atoms with E-state index in [-0.39, 0.29) is 0 Å². The number of hydrogen-bond donors (Lipinski definition) is 1. The molecule has 2 nitrogen and oxygen atoms in total.